The van der Waals surface area contributed by atoms with E-state index < -0.39 is 5.97 Å². The highest BCUT2D eigenvalue weighted by molar-refractivity contribution is 6.33. The van der Waals surface area contributed by atoms with Crippen LogP contribution in [-0.2, 0) is 0 Å². The van der Waals surface area contributed by atoms with Gasteiger partial charge in [-0.1, -0.05) is 29.8 Å². The van der Waals surface area contributed by atoms with Gasteiger partial charge in [0.05, 0.1) is 28.4 Å². The van der Waals surface area contributed by atoms with Crippen LogP contribution in [-0.4, -0.2) is 35.0 Å². The molecule has 0 saturated carbocycles. The van der Waals surface area contributed by atoms with E-state index in [4.69, 9.17) is 21.4 Å². The maximum absolute atomic E-state index is 13.0. The number of anilines is 2. The number of ether oxygens (including phenoxy) is 1. The third-order valence-corrected chi connectivity index (χ3v) is 4.77. The van der Waals surface area contributed by atoms with Crippen LogP contribution >= 0.6 is 11.6 Å². The summed E-state index contributed by atoms with van der Waals surface area (Å²) in [7, 11) is 0. The van der Waals surface area contributed by atoms with Crippen molar-refractivity contribution >= 4 is 34.9 Å². The Morgan fingerprint density at radius 2 is 1.79 bits per heavy atom. The molecule has 0 atom stereocenters. The summed E-state index contributed by atoms with van der Waals surface area (Å²) in [5.74, 6) is -0.225. The SMILES string of the molecule is O=C(O)c1ccc(C(=O)c2cccc3c2OCCN3c2ncccc2Cl)cc1. The van der Waals surface area contributed by atoms with Crippen LogP contribution in [0.3, 0.4) is 0 Å². The van der Waals surface area contributed by atoms with Crippen molar-refractivity contribution in [1.29, 1.82) is 0 Å². The number of nitrogens with zero attached hydrogens (tertiary/aromatic N) is 2. The van der Waals surface area contributed by atoms with Crippen LogP contribution in [0.4, 0.5) is 11.5 Å². The molecule has 7 heteroatoms. The summed E-state index contributed by atoms with van der Waals surface area (Å²) in [4.78, 5) is 30.3. The van der Waals surface area contributed by atoms with Gasteiger partial charge in [-0.15, -0.1) is 0 Å². The molecule has 0 aliphatic carbocycles. The molecule has 0 fully saturated rings. The second kappa shape index (κ2) is 7.32. The van der Waals surface area contributed by atoms with Gasteiger partial charge in [0.25, 0.3) is 0 Å². The lowest BCUT2D eigenvalue weighted by Gasteiger charge is -2.31. The van der Waals surface area contributed by atoms with Gasteiger partial charge in [0.2, 0.25) is 0 Å². The van der Waals surface area contributed by atoms with E-state index in [2.05, 4.69) is 4.98 Å². The van der Waals surface area contributed by atoms with E-state index in [1.54, 1.807) is 30.5 Å². The number of carbonyl (C=O) groups excluding carboxylic acids is 1. The zero-order valence-electron chi connectivity index (χ0n) is 14.6. The monoisotopic (exact) mass is 394 g/mol. The summed E-state index contributed by atoms with van der Waals surface area (Å²) in [6.45, 7) is 0.927. The molecule has 2 heterocycles. The third kappa shape index (κ3) is 3.18. The molecule has 6 nitrogen and oxygen atoms in total. The molecular formula is C21H15ClN2O4. The van der Waals surface area contributed by atoms with E-state index >= 15 is 0 Å². The third-order valence-electron chi connectivity index (χ3n) is 4.48. The van der Waals surface area contributed by atoms with Gasteiger partial charge >= 0.3 is 5.97 Å². The quantitative estimate of drug-likeness (QED) is 0.668. The molecule has 2 aromatic carbocycles. The van der Waals surface area contributed by atoms with Crippen molar-refractivity contribution in [3.05, 3.63) is 82.5 Å². The summed E-state index contributed by atoms with van der Waals surface area (Å²) in [6, 6.07) is 14.7. The molecule has 140 valence electrons. The molecule has 1 aliphatic rings. The van der Waals surface area contributed by atoms with Crippen molar-refractivity contribution in [2.24, 2.45) is 0 Å². The van der Waals surface area contributed by atoms with Gasteiger partial charge < -0.3 is 14.7 Å². The zero-order valence-corrected chi connectivity index (χ0v) is 15.4. The molecule has 0 amide bonds. The minimum Gasteiger partial charge on any atom is -0.489 e. The maximum atomic E-state index is 13.0. The van der Waals surface area contributed by atoms with E-state index in [-0.39, 0.29) is 11.3 Å². The largest absolute Gasteiger partial charge is 0.489 e. The summed E-state index contributed by atoms with van der Waals surface area (Å²) < 4.78 is 5.82. The molecule has 0 spiro atoms. The number of halogens is 1. The number of para-hydroxylation sites is 1. The van der Waals surface area contributed by atoms with Gasteiger partial charge in [0.1, 0.15) is 6.61 Å². The standard InChI is InChI=1S/C21H15ClN2O4/c22-16-4-2-10-23-20(16)24-11-12-28-19-15(3-1-5-17(19)24)18(25)13-6-8-14(9-7-13)21(26)27/h1-10H,11-12H2,(H,26,27). The number of aromatic nitrogens is 1. The van der Waals surface area contributed by atoms with Gasteiger partial charge in [0, 0.05) is 11.8 Å². The second-order valence-electron chi connectivity index (χ2n) is 6.17. The van der Waals surface area contributed by atoms with Gasteiger partial charge in [0.15, 0.2) is 17.4 Å². The Morgan fingerprint density at radius 3 is 2.50 bits per heavy atom. The number of carboxylic acids is 1. The topological polar surface area (TPSA) is 79.7 Å². The van der Waals surface area contributed by atoms with E-state index in [1.807, 2.05) is 11.0 Å². The first-order chi connectivity index (χ1) is 13.6. The molecule has 4 rings (SSSR count). The average Bonchev–Trinajstić information content (AvgIpc) is 2.73. The predicted molar refractivity (Wildman–Crippen MR) is 105 cm³/mol. The van der Waals surface area contributed by atoms with Crippen LogP contribution in [0, 0.1) is 0 Å². The van der Waals surface area contributed by atoms with Crippen molar-refractivity contribution in [3.63, 3.8) is 0 Å². The summed E-state index contributed by atoms with van der Waals surface area (Å²) in [5, 5.41) is 9.53. The van der Waals surface area contributed by atoms with Gasteiger partial charge in [-0.2, -0.15) is 0 Å². The minimum atomic E-state index is -1.04. The molecule has 28 heavy (non-hydrogen) atoms. The van der Waals surface area contributed by atoms with Crippen LogP contribution in [0.15, 0.2) is 60.8 Å². The average molecular weight is 395 g/mol. The number of carbonyl (C=O) groups is 2. The first-order valence-electron chi connectivity index (χ1n) is 8.58. The van der Waals surface area contributed by atoms with Crippen LogP contribution in [0.2, 0.25) is 5.02 Å². The smallest absolute Gasteiger partial charge is 0.335 e. The van der Waals surface area contributed by atoms with E-state index in [0.717, 1.165) is 0 Å². The minimum absolute atomic E-state index is 0.124. The maximum Gasteiger partial charge on any atom is 0.335 e. The summed E-state index contributed by atoms with van der Waals surface area (Å²) in [5.41, 5.74) is 1.62. The van der Waals surface area contributed by atoms with Crippen molar-refractivity contribution in [1.82, 2.24) is 4.98 Å². The van der Waals surface area contributed by atoms with Crippen LogP contribution in [0.1, 0.15) is 26.3 Å². The van der Waals surface area contributed by atoms with E-state index in [1.165, 1.54) is 24.3 Å². The predicted octanol–water partition coefficient (Wildman–Crippen LogP) is 4.19. The Morgan fingerprint density at radius 1 is 1.04 bits per heavy atom. The molecule has 1 aromatic heterocycles. The molecule has 0 saturated heterocycles. The fourth-order valence-electron chi connectivity index (χ4n) is 3.14. The molecule has 3 aromatic rings. The molecule has 0 radical (unpaired) electrons. The number of aromatic carboxylic acids is 1. The first kappa shape index (κ1) is 18.0. The van der Waals surface area contributed by atoms with Crippen molar-refractivity contribution in [3.8, 4) is 5.75 Å². The number of hydrogen-bond acceptors (Lipinski definition) is 5. The Labute approximate surface area is 166 Å². The lowest BCUT2D eigenvalue weighted by Crippen LogP contribution is -2.30. The summed E-state index contributed by atoms with van der Waals surface area (Å²) in [6.07, 6.45) is 1.66. The first-order valence-corrected chi connectivity index (χ1v) is 8.96. The Balaban J connectivity index is 1.74. The number of fused-ring (bicyclic) bond motifs is 1. The second-order valence-corrected chi connectivity index (χ2v) is 6.58. The lowest BCUT2D eigenvalue weighted by atomic mass is 9.99. The van der Waals surface area contributed by atoms with Crippen molar-refractivity contribution in [2.75, 3.05) is 18.1 Å². The highest BCUT2D eigenvalue weighted by Gasteiger charge is 2.27. The Bertz CT molecular complexity index is 1070. The van der Waals surface area contributed by atoms with Gasteiger partial charge in [-0.3, -0.25) is 4.79 Å². The molecule has 1 N–H and O–H groups in total. The van der Waals surface area contributed by atoms with E-state index in [9.17, 15) is 9.59 Å². The fourth-order valence-corrected chi connectivity index (χ4v) is 3.37. The normalized spacial score (nSPS) is 12.8. The molecule has 0 bridgehead atoms. The van der Waals surface area contributed by atoms with Gasteiger partial charge in [-0.05, 0) is 36.4 Å². The Kier molecular flexibility index (Phi) is 4.71. The van der Waals surface area contributed by atoms with E-state index in [0.29, 0.717) is 46.6 Å². The van der Waals surface area contributed by atoms with Gasteiger partial charge in [-0.25, -0.2) is 9.78 Å². The van der Waals surface area contributed by atoms with Crippen LogP contribution < -0.4 is 9.64 Å². The zero-order chi connectivity index (χ0) is 19.7. The van der Waals surface area contributed by atoms with Crippen molar-refractivity contribution < 1.29 is 19.4 Å². The van der Waals surface area contributed by atoms with Crippen LogP contribution in [0.25, 0.3) is 0 Å². The highest BCUT2D eigenvalue weighted by atomic mass is 35.5. The summed E-state index contributed by atoms with van der Waals surface area (Å²) >= 11 is 6.30. The number of rotatable bonds is 4. The number of hydrogen-bond donors (Lipinski definition) is 1. The Hall–Kier alpha value is -3.38. The number of carboxylic acid groups (broad SMARTS) is 1. The fraction of sp³-hybridized carbons (Fsp3) is 0.0952. The lowest BCUT2D eigenvalue weighted by molar-refractivity contribution is 0.0696. The molecule has 1 aliphatic heterocycles. The molecular weight excluding hydrogens is 380 g/mol. The highest BCUT2D eigenvalue weighted by Crippen LogP contribution is 2.40. The molecule has 0 unspecified atom stereocenters. The number of benzene rings is 2. The number of ketones is 1. The van der Waals surface area contributed by atoms with Crippen molar-refractivity contribution in [2.45, 2.75) is 0 Å². The number of pyridine rings is 1. The van der Waals surface area contributed by atoms with Crippen LogP contribution in [0.5, 0.6) is 5.75 Å².